The van der Waals surface area contributed by atoms with Gasteiger partial charge in [-0.05, 0) is 12.7 Å². The first kappa shape index (κ1) is 8.24. The third kappa shape index (κ3) is 4.40. The van der Waals surface area contributed by atoms with Gasteiger partial charge in [0.15, 0.2) is 0 Å². The van der Waals surface area contributed by atoms with E-state index in [0.717, 1.165) is 16.6 Å². The van der Waals surface area contributed by atoms with Crippen molar-refractivity contribution in [2.75, 3.05) is 12.3 Å². The third-order valence-electron chi connectivity index (χ3n) is 0.597. The van der Waals surface area contributed by atoms with E-state index >= 15 is 0 Å². The van der Waals surface area contributed by atoms with Gasteiger partial charge in [0.05, 0.1) is 0 Å². The van der Waals surface area contributed by atoms with Crippen molar-refractivity contribution >= 4 is 28.3 Å². The standard InChI is InChI=1S/C5H11NS2/c1-3-6-5(7)8-4-2/h3-4H2,1-2H3,(H,6,7). The second-order valence-electron chi connectivity index (χ2n) is 1.25. The summed E-state index contributed by atoms with van der Waals surface area (Å²) in [5.41, 5.74) is 0. The minimum atomic E-state index is 0.912. The topological polar surface area (TPSA) is 12.0 Å². The van der Waals surface area contributed by atoms with Crippen LogP contribution in [0.2, 0.25) is 0 Å². The van der Waals surface area contributed by atoms with Gasteiger partial charge >= 0.3 is 0 Å². The molecule has 0 heterocycles. The van der Waals surface area contributed by atoms with Gasteiger partial charge in [0.2, 0.25) is 0 Å². The second kappa shape index (κ2) is 5.38. The molecule has 0 amide bonds. The van der Waals surface area contributed by atoms with E-state index in [0.29, 0.717) is 0 Å². The van der Waals surface area contributed by atoms with Gasteiger partial charge in [-0.25, -0.2) is 0 Å². The van der Waals surface area contributed by atoms with Gasteiger partial charge in [0.1, 0.15) is 4.32 Å². The molecule has 3 heteroatoms. The van der Waals surface area contributed by atoms with Crippen LogP contribution in [0.25, 0.3) is 0 Å². The fraction of sp³-hybridized carbons (Fsp3) is 0.800. The van der Waals surface area contributed by atoms with Crippen molar-refractivity contribution in [1.29, 1.82) is 0 Å². The van der Waals surface area contributed by atoms with E-state index in [4.69, 9.17) is 12.2 Å². The molecule has 0 unspecified atom stereocenters. The van der Waals surface area contributed by atoms with Gasteiger partial charge in [-0.1, -0.05) is 30.9 Å². The van der Waals surface area contributed by atoms with Crippen LogP contribution in [0.1, 0.15) is 13.8 Å². The Morgan fingerprint density at radius 1 is 1.62 bits per heavy atom. The Morgan fingerprint density at radius 2 is 2.25 bits per heavy atom. The first-order valence-electron chi connectivity index (χ1n) is 2.71. The van der Waals surface area contributed by atoms with Crippen molar-refractivity contribution in [3.8, 4) is 0 Å². The normalized spacial score (nSPS) is 8.75. The molecule has 1 N–H and O–H groups in total. The number of thiocarbonyl (C=S) groups is 1. The van der Waals surface area contributed by atoms with Crippen LogP contribution in [0.5, 0.6) is 0 Å². The SMILES string of the molecule is CCNC(=S)SCC. The molecule has 0 bridgehead atoms. The first-order valence-corrected chi connectivity index (χ1v) is 4.11. The Hall–Kier alpha value is 0.240. The van der Waals surface area contributed by atoms with Gasteiger partial charge in [-0.15, -0.1) is 0 Å². The summed E-state index contributed by atoms with van der Waals surface area (Å²) in [7, 11) is 0. The summed E-state index contributed by atoms with van der Waals surface area (Å²) in [4.78, 5) is 0. The number of hydrogen-bond acceptors (Lipinski definition) is 2. The lowest BCUT2D eigenvalue weighted by atomic mass is 10.8. The third-order valence-corrected chi connectivity index (χ3v) is 1.79. The van der Waals surface area contributed by atoms with Crippen LogP contribution in [0.4, 0.5) is 0 Å². The van der Waals surface area contributed by atoms with E-state index in [9.17, 15) is 0 Å². The molecule has 0 atom stereocenters. The Kier molecular flexibility index (Phi) is 5.54. The van der Waals surface area contributed by atoms with Gasteiger partial charge in [0.25, 0.3) is 0 Å². The van der Waals surface area contributed by atoms with E-state index in [-0.39, 0.29) is 0 Å². The van der Waals surface area contributed by atoms with Gasteiger partial charge < -0.3 is 5.32 Å². The van der Waals surface area contributed by atoms with Crippen molar-refractivity contribution in [2.45, 2.75) is 13.8 Å². The van der Waals surface area contributed by atoms with Crippen LogP contribution in [-0.4, -0.2) is 16.6 Å². The second-order valence-corrected chi connectivity index (χ2v) is 3.19. The van der Waals surface area contributed by atoms with Gasteiger partial charge in [-0.3, -0.25) is 0 Å². The fourth-order valence-corrected chi connectivity index (χ4v) is 1.33. The summed E-state index contributed by atoms with van der Waals surface area (Å²) in [6.45, 7) is 5.07. The Balaban J connectivity index is 3.06. The summed E-state index contributed by atoms with van der Waals surface area (Å²) in [5, 5.41) is 3.04. The highest BCUT2D eigenvalue weighted by atomic mass is 32.2. The molecular weight excluding hydrogens is 138 g/mol. The maximum Gasteiger partial charge on any atom is 0.133 e. The molecule has 0 saturated heterocycles. The summed E-state index contributed by atoms with van der Waals surface area (Å²) in [5.74, 6) is 1.06. The highest BCUT2D eigenvalue weighted by molar-refractivity contribution is 8.22. The smallest absolute Gasteiger partial charge is 0.133 e. The van der Waals surface area contributed by atoms with Crippen molar-refractivity contribution in [2.24, 2.45) is 0 Å². The quantitative estimate of drug-likeness (QED) is 0.599. The van der Waals surface area contributed by atoms with E-state index in [1.807, 2.05) is 6.92 Å². The predicted octanol–water partition coefficient (Wildman–Crippen LogP) is 1.63. The summed E-state index contributed by atoms with van der Waals surface area (Å²) in [6.07, 6.45) is 0. The molecule has 0 aliphatic heterocycles. The van der Waals surface area contributed by atoms with Crippen molar-refractivity contribution in [3.63, 3.8) is 0 Å². The lowest BCUT2D eigenvalue weighted by molar-refractivity contribution is 0.995. The molecule has 0 aromatic heterocycles. The molecule has 0 saturated carbocycles. The van der Waals surface area contributed by atoms with Crippen LogP contribution in [0.3, 0.4) is 0 Å². The lowest BCUT2D eigenvalue weighted by Crippen LogP contribution is -2.16. The number of rotatable bonds is 2. The predicted molar refractivity (Wildman–Crippen MR) is 44.4 cm³/mol. The summed E-state index contributed by atoms with van der Waals surface area (Å²) in [6, 6.07) is 0. The monoisotopic (exact) mass is 149 g/mol. The largest absolute Gasteiger partial charge is 0.371 e. The molecule has 0 radical (unpaired) electrons. The van der Waals surface area contributed by atoms with E-state index in [1.54, 1.807) is 11.8 Å². The molecule has 48 valence electrons. The van der Waals surface area contributed by atoms with Crippen molar-refractivity contribution < 1.29 is 0 Å². The minimum absolute atomic E-state index is 0.912. The highest BCUT2D eigenvalue weighted by Crippen LogP contribution is 1.98. The van der Waals surface area contributed by atoms with Crippen LogP contribution in [-0.2, 0) is 0 Å². The van der Waals surface area contributed by atoms with E-state index in [2.05, 4.69) is 12.2 Å². The zero-order valence-electron chi connectivity index (χ0n) is 5.23. The van der Waals surface area contributed by atoms with Crippen LogP contribution < -0.4 is 5.32 Å². The lowest BCUT2D eigenvalue weighted by Gasteiger charge is -1.99. The van der Waals surface area contributed by atoms with E-state index < -0.39 is 0 Å². The molecule has 8 heavy (non-hydrogen) atoms. The average Bonchev–Trinajstić information content (AvgIpc) is 1.68. The maximum atomic E-state index is 4.90. The summed E-state index contributed by atoms with van der Waals surface area (Å²) >= 11 is 6.58. The molecule has 0 aliphatic rings. The molecule has 0 rings (SSSR count). The zero-order chi connectivity index (χ0) is 6.41. The average molecular weight is 149 g/mol. The highest BCUT2D eigenvalue weighted by Gasteiger charge is 1.88. The number of thioether (sulfide) groups is 1. The molecule has 0 aliphatic carbocycles. The Bertz CT molecular complexity index is 64.8. The maximum absolute atomic E-state index is 4.90. The van der Waals surface area contributed by atoms with Crippen LogP contribution in [0, 0.1) is 0 Å². The molecule has 0 fully saturated rings. The summed E-state index contributed by atoms with van der Waals surface area (Å²) < 4.78 is 0.912. The van der Waals surface area contributed by atoms with Crippen LogP contribution >= 0.6 is 24.0 Å². The van der Waals surface area contributed by atoms with Crippen molar-refractivity contribution in [1.82, 2.24) is 5.32 Å². The zero-order valence-corrected chi connectivity index (χ0v) is 6.86. The molecular formula is C5H11NS2. The molecule has 1 nitrogen and oxygen atoms in total. The number of hydrogen-bond donors (Lipinski definition) is 1. The molecule has 0 aromatic rings. The number of nitrogens with one attached hydrogen (secondary N) is 1. The van der Waals surface area contributed by atoms with E-state index in [1.165, 1.54) is 0 Å². The van der Waals surface area contributed by atoms with Gasteiger partial charge in [-0.2, -0.15) is 0 Å². The van der Waals surface area contributed by atoms with Crippen LogP contribution in [0.15, 0.2) is 0 Å². The minimum Gasteiger partial charge on any atom is -0.371 e. The Morgan fingerprint density at radius 3 is 2.62 bits per heavy atom. The first-order chi connectivity index (χ1) is 3.81. The molecule has 0 spiro atoms. The molecule has 0 aromatic carbocycles. The fourth-order valence-electron chi connectivity index (χ4n) is 0.326. The Labute approximate surface area is 60.2 Å². The van der Waals surface area contributed by atoms with Gasteiger partial charge in [0, 0.05) is 6.54 Å². The van der Waals surface area contributed by atoms with Crippen molar-refractivity contribution in [3.05, 3.63) is 0 Å².